The molecule has 1 aromatic carbocycles. The summed E-state index contributed by atoms with van der Waals surface area (Å²) in [5, 5.41) is 3.43. The standard InChI is InChI=1S/C16H25NO2S/c1-4-15(12-20-3)17-10-13(2)16(18)19-11-14-8-6-5-7-9-14/h5-9,13,15,17H,4,10-12H2,1-3H3. The van der Waals surface area contributed by atoms with Gasteiger partial charge in [-0.1, -0.05) is 44.2 Å². The zero-order chi connectivity index (χ0) is 14.8. The summed E-state index contributed by atoms with van der Waals surface area (Å²) in [5.41, 5.74) is 1.02. The molecule has 20 heavy (non-hydrogen) atoms. The Kier molecular flexibility index (Phi) is 8.38. The van der Waals surface area contributed by atoms with Gasteiger partial charge in [-0.15, -0.1) is 0 Å². The maximum Gasteiger partial charge on any atom is 0.310 e. The van der Waals surface area contributed by atoms with Crippen LogP contribution in [0.3, 0.4) is 0 Å². The maximum absolute atomic E-state index is 11.9. The summed E-state index contributed by atoms with van der Waals surface area (Å²) < 4.78 is 5.33. The molecule has 0 saturated heterocycles. The molecule has 1 aromatic rings. The average molecular weight is 295 g/mol. The van der Waals surface area contributed by atoms with E-state index in [-0.39, 0.29) is 11.9 Å². The van der Waals surface area contributed by atoms with E-state index in [1.807, 2.05) is 49.0 Å². The van der Waals surface area contributed by atoms with Gasteiger partial charge in [0.1, 0.15) is 6.61 Å². The van der Waals surface area contributed by atoms with Crippen molar-refractivity contribution in [3.05, 3.63) is 35.9 Å². The third-order valence-corrected chi connectivity index (χ3v) is 3.94. The van der Waals surface area contributed by atoms with Crippen LogP contribution >= 0.6 is 11.8 Å². The number of ether oxygens (including phenoxy) is 1. The Balaban J connectivity index is 2.28. The Morgan fingerprint density at radius 3 is 2.65 bits per heavy atom. The van der Waals surface area contributed by atoms with Crippen LogP contribution in [0.4, 0.5) is 0 Å². The van der Waals surface area contributed by atoms with Gasteiger partial charge in [0.05, 0.1) is 5.92 Å². The van der Waals surface area contributed by atoms with Crippen molar-refractivity contribution in [3.8, 4) is 0 Å². The molecule has 0 aliphatic carbocycles. The predicted octanol–water partition coefficient (Wildman–Crippen LogP) is 3.10. The smallest absolute Gasteiger partial charge is 0.310 e. The van der Waals surface area contributed by atoms with Gasteiger partial charge in [0.15, 0.2) is 0 Å². The number of carbonyl (C=O) groups is 1. The molecule has 0 aliphatic heterocycles. The lowest BCUT2D eigenvalue weighted by Gasteiger charge is -2.18. The molecule has 0 radical (unpaired) electrons. The summed E-state index contributed by atoms with van der Waals surface area (Å²) >= 11 is 1.82. The zero-order valence-electron chi connectivity index (χ0n) is 12.6. The highest BCUT2D eigenvalue weighted by atomic mass is 32.2. The molecule has 0 fully saturated rings. The van der Waals surface area contributed by atoms with Crippen molar-refractivity contribution in [1.82, 2.24) is 5.32 Å². The minimum Gasteiger partial charge on any atom is -0.461 e. The summed E-state index contributed by atoms with van der Waals surface area (Å²) in [6, 6.07) is 10.2. The highest BCUT2D eigenvalue weighted by Gasteiger charge is 2.16. The molecule has 1 rings (SSSR count). The van der Waals surface area contributed by atoms with Gasteiger partial charge in [-0.2, -0.15) is 11.8 Å². The molecule has 2 unspecified atom stereocenters. The van der Waals surface area contributed by atoms with Crippen LogP contribution in [-0.2, 0) is 16.1 Å². The molecule has 0 amide bonds. The molecule has 4 heteroatoms. The second-order valence-electron chi connectivity index (χ2n) is 4.96. The number of carbonyl (C=O) groups excluding carboxylic acids is 1. The predicted molar refractivity (Wildman–Crippen MR) is 85.9 cm³/mol. The topological polar surface area (TPSA) is 38.3 Å². The number of benzene rings is 1. The highest BCUT2D eigenvalue weighted by molar-refractivity contribution is 7.98. The summed E-state index contributed by atoms with van der Waals surface area (Å²) in [7, 11) is 0. The normalized spacial score (nSPS) is 13.8. The van der Waals surface area contributed by atoms with Crippen molar-refractivity contribution in [2.45, 2.75) is 32.9 Å². The van der Waals surface area contributed by atoms with Gasteiger partial charge in [-0.3, -0.25) is 4.79 Å². The van der Waals surface area contributed by atoms with Gasteiger partial charge in [-0.25, -0.2) is 0 Å². The lowest BCUT2D eigenvalue weighted by Crippen LogP contribution is -2.36. The van der Waals surface area contributed by atoms with E-state index in [1.54, 1.807) is 0 Å². The fourth-order valence-corrected chi connectivity index (χ4v) is 2.58. The minimum absolute atomic E-state index is 0.116. The van der Waals surface area contributed by atoms with Gasteiger partial charge in [0.2, 0.25) is 0 Å². The zero-order valence-corrected chi connectivity index (χ0v) is 13.4. The number of hydrogen-bond acceptors (Lipinski definition) is 4. The third kappa shape index (κ3) is 6.44. The summed E-state index contributed by atoms with van der Waals surface area (Å²) in [6.07, 6.45) is 3.18. The van der Waals surface area contributed by atoms with Crippen molar-refractivity contribution >= 4 is 17.7 Å². The SMILES string of the molecule is CCC(CSC)NCC(C)C(=O)OCc1ccccc1. The molecule has 0 spiro atoms. The molecule has 0 heterocycles. The van der Waals surface area contributed by atoms with Crippen LogP contribution in [0.25, 0.3) is 0 Å². The summed E-state index contributed by atoms with van der Waals surface area (Å²) in [6.45, 7) is 5.09. The fraction of sp³-hybridized carbons (Fsp3) is 0.562. The van der Waals surface area contributed by atoms with E-state index < -0.39 is 0 Å². The van der Waals surface area contributed by atoms with Gasteiger partial charge in [0.25, 0.3) is 0 Å². The molecule has 3 nitrogen and oxygen atoms in total. The first kappa shape index (κ1) is 17.1. The van der Waals surface area contributed by atoms with Crippen molar-refractivity contribution in [2.75, 3.05) is 18.6 Å². The van der Waals surface area contributed by atoms with Crippen LogP contribution in [0.15, 0.2) is 30.3 Å². The average Bonchev–Trinajstić information content (AvgIpc) is 2.49. The molecular weight excluding hydrogens is 270 g/mol. The van der Waals surface area contributed by atoms with Crippen molar-refractivity contribution in [3.63, 3.8) is 0 Å². The van der Waals surface area contributed by atoms with Crippen LogP contribution in [0.1, 0.15) is 25.8 Å². The minimum atomic E-state index is -0.139. The lowest BCUT2D eigenvalue weighted by molar-refractivity contribution is -0.149. The second kappa shape index (κ2) is 9.83. The Morgan fingerprint density at radius 2 is 2.05 bits per heavy atom. The van der Waals surface area contributed by atoms with Crippen molar-refractivity contribution in [1.29, 1.82) is 0 Å². The Morgan fingerprint density at radius 1 is 1.35 bits per heavy atom. The summed E-state index contributed by atoms with van der Waals surface area (Å²) in [5.74, 6) is 0.817. The van der Waals surface area contributed by atoms with E-state index in [0.29, 0.717) is 19.2 Å². The van der Waals surface area contributed by atoms with Crippen molar-refractivity contribution in [2.24, 2.45) is 5.92 Å². The van der Waals surface area contributed by atoms with E-state index in [9.17, 15) is 4.79 Å². The number of rotatable bonds is 9. The van der Waals surface area contributed by atoms with Gasteiger partial charge >= 0.3 is 5.97 Å². The van der Waals surface area contributed by atoms with Crippen LogP contribution in [0.2, 0.25) is 0 Å². The fourth-order valence-electron chi connectivity index (χ4n) is 1.82. The first-order valence-corrected chi connectivity index (χ1v) is 8.49. The molecule has 2 atom stereocenters. The van der Waals surface area contributed by atoms with E-state index in [2.05, 4.69) is 18.5 Å². The van der Waals surface area contributed by atoms with Crippen LogP contribution in [0.5, 0.6) is 0 Å². The van der Waals surface area contributed by atoms with Gasteiger partial charge in [0, 0.05) is 18.3 Å². The molecule has 0 aromatic heterocycles. The number of esters is 1. The molecular formula is C16H25NO2S. The largest absolute Gasteiger partial charge is 0.461 e. The molecule has 1 N–H and O–H groups in total. The Labute approximate surface area is 126 Å². The quantitative estimate of drug-likeness (QED) is 0.711. The van der Waals surface area contributed by atoms with Gasteiger partial charge in [-0.05, 0) is 18.2 Å². The summed E-state index contributed by atoms with van der Waals surface area (Å²) in [4.78, 5) is 11.9. The Bertz CT molecular complexity index is 383. The maximum atomic E-state index is 11.9. The third-order valence-electron chi connectivity index (χ3n) is 3.20. The molecule has 0 bridgehead atoms. The Hall–Kier alpha value is -1.00. The molecule has 0 saturated carbocycles. The van der Waals surface area contributed by atoms with Crippen molar-refractivity contribution < 1.29 is 9.53 Å². The van der Waals surface area contributed by atoms with Crippen LogP contribution in [-0.4, -0.2) is 30.6 Å². The lowest BCUT2D eigenvalue weighted by atomic mass is 10.1. The number of nitrogens with one attached hydrogen (secondary N) is 1. The van der Waals surface area contributed by atoms with Gasteiger partial charge < -0.3 is 10.1 Å². The van der Waals surface area contributed by atoms with E-state index in [4.69, 9.17) is 4.74 Å². The van der Waals surface area contributed by atoms with E-state index in [0.717, 1.165) is 17.7 Å². The van der Waals surface area contributed by atoms with Crippen LogP contribution in [0, 0.1) is 5.92 Å². The second-order valence-corrected chi connectivity index (χ2v) is 5.87. The first-order valence-electron chi connectivity index (χ1n) is 7.10. The number of hydrogen-bond donors (Lipinski definition) is 1. The number of thioether (sulfide) groups is 1. The van der Waals surface area contributed by atoms with E-state index >= 15 is 0 Å². The first-order chi connectivity index (χ1) is 9.67. The highest BCUT2D eigenvalue weighted by Crippen LogP contribution is 2.06. The van der Waals surface area contributed by atoms with Crippen LogP contribution < -0.4 is 5.32 Å². The monoisotopic (exact) mass is 295 g/mol. The molecule has 0 aliphatic rings. The van der Waals surface area contributed by atoms with E-state index in [1.165, 1.54) is 0 Å². The molecule has 112 valence electrons.